The van der Waals surface area contributed by atoms with Gasteiger partial charge in [-0.15, -0.1) is 4.73 Å². The number of aromatic nitrogens is 1. The Morgan fingerprint density at radius 2 is 2.05 bits per heavy atom. The van der Waals surface area contributed by atoms with Gasteiger partial charge in [0.1, 0.15) is 18.6 Å². The minimum absolute atomic E-state index is 0.164. The number of amides is 1. The predicted octanol–water partition coefficient (Wildman–Crippen LogP) is 1.21. The van der Waals surface area contributed by atoms with Crippen molar-refractivity contribution >= 4 is 16.7 Å². The van der Waals surface area contributed by atoms with E-state index < -0.39 is 0 Å². The van der Waals surface area contributed by atoms with Crippen LogP contribution in [0.25, 0.3) is 10.8 Å². The van der Waals surface area contributed by atoms with Crippen molar-refractivity contribution < 1.29 is 14.4 Å². The third kappa shape index (κ3) is 2.84. The van der Waals surface area contributed by atoms with Crippen LogP contribution in [0.1, 0.15) is 23.8 Å². The number of fused-ring (bicyclic) bond motifs is 1. The van der Waals surface area contributed by atoms with Crippen LogP contribution in [-0.2, 0) is 0 Å². The molecule has 0 aliphatic rings. The van der Waals surface area contributed by atoms with Gasteiger partial charge in [0.05, 0.1) is 12.5 Å². The Labute approximate surface area is 122 Å². The van der Waals surface area contributed by atoms with E-state index in [0.29, 0.717) is 23.1 Å². The molecule has 0 radical (unpaired) electrons. The van der Waals surface area contributed by atoms with Crippen LogP contribution in [0.15, 0.2) is 29.1 Å². The zero-order valence-electron chi connectivity index (χ0n) is 12.3. The van der Waals surface area contributed by atoms with Crippen molar-refractivity contribution in [2.45, 2.75) is 13.3 Å². The van der Waals surface area contributed by atoms with E-state index in [1.807, 2.05) is 6.92 Å². The van der Waals surface area contributed by atoms with Crippen LogP contribution in [0, 0.1) is 0 Å². The highest BCUT2D eigenvalue weighted by Crippen LogP contribution is 2.19. The zero-order chi connectivity index (χ0) is 15.4. The smallest absolute Gasteiger partial charge is 0.291 e. The van der Waals surface area contributed by atoms with E-state index in [2.05, 4.69) is 5.32 Å². The molecular formula is C15H18N2O4. The van der Waals surface area contributed by atoms with Gasteiger partial charge in [0.15, 0.2) is 0 Å². The van der Waals surface area contributed by atoms with Crippen LogP contribution in [0.3, 0.4) is 0 Å². The molecule has 0 saturated carbocycles. The van der Waals surface area contributed by atoms with Crippen molar-refractivity contribution in [3.05, 3.63) is 40.3 Å². The molecule has 2 rings (SSSR count). The Hall–Kier alpha value is -2.50. The summed E-state index contributed by atoms with van der Waals surface area (Å²) in [5.74, 6) is 0.275. The van der Waals surface area contributed by atoms with Crippen LogP contribution in [0.5, 0.6) is 5.75 Å². The highest BCUT2D eigenvalue weighted by atomic mass is 16.7. The van der Waals surface area contributed by atoms with Crippen LogP contribution >= 0.6 is 0 Å². The monoisotopic (exact) mass is 290 g/mol. The Bertz CT molecular complexity index is 721. The lowest BCUT2D eigenvalue weighted by molar-refractivity contribution is 0.0884. The first-order valence-electron chi connectivity index (χ1n) is 6.68. The first-order valence-corrected chi connectivity index (χ1v) is 6.68. The fourth-order valence-electron chi connectivity index (χ4n) is 2.07. The minimum Gasteiger partial charge on any atom is -0.497 e. The van der Waals surface area contributed by atoms with Gasteiger partial charge in [-0.3, -0.25) is 9.59 Å². The lowest BCUT2D eigenvalue weighted by Crippen LogP contribution is -2.35. The second kappa shape index (κ2) is 6.30. The molecule has 2 aromatic rings. The molecule has 1 heterocycles. The van der Waals surface area contributed by atoms with Crippen LogP contribution < -0.4 is 20.5 Å². The second-order valence-electron chi connectivity index (χ2n) is 4.52. The summed E-state index contributed by atoms with van der Waals surface area (Å²) >= 11 is 0. The summed E-state index contributed by atoms with van der Waals surface area (Å²) in [6, 6.07) is 6.68. The number of carbonyl (C=O) groups is 1. The van der Waals surface area contributed by atoms with Crippen molar-refractivity contribution in [2.24, 2.45) is 0 Å². The molecule has 0 aliphatic carbocycles. The second-order valence-corrected chi connectivity index (χ2v) is 4.52. The van der Waals surface area contributed by atoms with Crippen molar-refractivity contribution in [3.63, 3.8) is 0 Å². The van der Waals surface area contributed by atoms with E-state index in [1.54, 1.807) is 31.4 Å². The number of ether oxygens (including phenoxy) is 1. The molecule has 1 aromatic heterocycles. The SMILES string of the molecule is CCCNC(=O)c1cc2cc(OC)ccc2c(=O)n1OC. The van der Waals surface area contributed by atoms with Gasteiger partial charge in [0, 0.05) is 6.54 Å². The Morgan fingerprint density at radius 1 is 1.29 bits per heavy atom. The van der Waals surface area contributed by atoms with Gasteiger partial charge in [0.2, 0.25) is 0 Å². The summed E-state index contributed by atoms with van der Waals surface area (Å²) in [6.07, 6.45) is 0.810. The van der Waals surface area contributed by atoms with Gasteiger partial charge in [-0.1, -0.05) is 6.92 Å². The largest absolute Gasteiger partial charge is 0.497 e. The number of pyridine rings is 1. The minimum atomic E-state index is -0.376. The number of nitrogens with zero attached hydrogens (tertiary/aromatic N) is 1. The van der Waals surface area contributed by atoms with E-state index in [-0.39, 0.29) is 17.2 Å². The van der Waals surface area contributed by atoms with Gasteiger partial charge in [-0.25, -0.2) is 0 Å². The van der Waals surface area contributed by atoms with Crippen LogP contribution in [-0.4, -0.2) is 31.4 Å². The standard InChI is InChI=1S/C15H18N2O4/c1-4-7-16-14(18)13-9-10-8-11(20-2)5-6-12(10)15(19)17(13)21-3/h5-6,8-9H,4,7H2,1-3H3,(H,16,18). The number of hydrogen-bond donors (Lipinski definition) is 1. The number of nitrogens with one attached hydrogen (secondary N) is 1. The fraction of sp³-hybridized carbons (Fsp3) is 0.333. The Balaban J connectivity index is 2.63. The van der Waals surface area contributed by atoms with Crippen LogP contribution in [0.2, 0.25) is 0 Å². The maximum Gasteiger partial charge on any atom is 0.291 e. The summed E-state index contributed by atoms with van der Waals surface area (Å²) in [6.45, 7) is 2.49. The number of benzene rings is 1. The zero-order valence-corrected chi connectivity index (χ0v) is 12.3. The van der Waals surface area contributed by atoms with Crippen molar-refractivity contribution in [1.82, 2.24) is 10.0 Å². The van der Waals surface area contributed by atoms with Crippen molar-refractivity contribution in [1.29, 1.82) is 0 Å². The maximum atomic E-state index is 12.4. The molecule has 21 heavy (non-hydrogen) atoms. The molecule has 6 nitrogen and oxygen atoms in total. The third-order valence-electron chi connectivity index (χ3n) is 3.14. The van der Waals surface area contributed by atoms with Gasteiger partial charge in [-0.05, 0) is 36.1 Å². The van der Waals surface area contributed by atoms with E-state index in [4.69, 9.17) is 9.57 Å². The first-order chi connectivity index (χ1) is 10.1. The lowest BCUT2D eigenvalue weighted by atomic mass is 10.1. The van der Waals surface area contributed by atoms with Gasteiger partial charge in [0.25, 0.3) is 11.5 Å². The molecule has 0 atom stereocenters. The molecule has 0 spiro atoms. The van der Waals surface area contributed by atoms with Crippen LogP contribution in [0.4, 0.5) is 0 Å². The third-order valence-corrected chi connectivity index (χ3v) is 3.14. The number of hydrogen-bond acceptors (Lipinski definition) is 4. The molecular weight excluding hydrogens is 272 g/mol. The van der Waals surface area contributed by atoms with Gasteiger partial charge < -0.3 is 14.9 Å². The highest BCUT2D eigenvalue weighted by Gasteiger charge is 2.16. The Morgan fingerprint density at radius 3 is 2.67 bits per heavy atom. The molecule has 6 heteroatoms. The molecule has 1 aromatic carbocycles. The lowest BCUT2D eigenvalue weighted by Gasteiger charge is -2.12. The first kappa shape index (κ1) is 14.9. The Kier molecular flexibility index (Phi) is 4.47. The molecule has 0 unspecified atom stereocenters. The molecule has 0 fully saturated rings. The summed E-state index contributed by atoms with van der Waals surface area (Å²) < 4.78 is 6.14. The number of rotatable bonds is 5. The van der Waals surface area contributed by atoms with E-state index in [1.165, 1.54) is 7.11 Å². The summed E-state index contributed by atoms with van der Waals surface area (Å²) in [4.78, 5) is 29.6. The van der Waals surface area contributed by atoms with E-state index >= 15 is 0 Å². The van der Waals surface area contributed by atoms with E-state index in [0.717, 1.165) is 11.2 Å². The molecule has 0 aliphatic heterocycles. The average molecular weight is 290 g/mol. The van der Waals surface area contributed by atoms with E-state index in [9.17, 15) is 9.59 Å². The molecule has 1 amide bonds. The molecule has 0 bridgehead atoms. The maximum absolute atomic E-state index is 12.4. The quantitative estimate of drug-likeness (QED) is 0.898. The normalized spacial score (nSPS) is 10.4. The number of methoxy groups -OCH3 is 1. The van der Waals surface area contributed by atoms with Gasteiger partial charge in [-0.2, -0.15) is 0 Å². The number of carbonyl (C=O) groups excluding carboxylic acids is 1. The summed E-state index contributed by atoms with van der Waals surface area (Å²) in [5, 5.41) is 3.83. The molecule has 112 valence electrons. The average Bonchev–Trinajstić information content (AvgIpc) is 2.51. The molecule has 1 N–H and O–H groups in total. The molecule has 0 saturated heterocycles. The van der Waals surface area contributed by atoms with Gasteiger partial charge >= 0.3 is 0 Å². The summed E-state index contributed by atoms with van der Waals surface area (Å²) in [7, 11) is 2.90. The predicted molar refractivity (Wildman–Crippen MR) is 79.9 cm³/mol. The van der Waals surface area contributed by atoms with Crippen molar-refractivity contribution in [2.75, 3.05) is 20.8 Å². The summed E-state index contributed by atoms with van der Waals surface area (Å²) in [5.41, 5.74) is -0.212. The fourth-order valence-corrected chi connectivity index (χ4v) is 2.07. The highest BCUT2D eigenvalue weighted by molar-refractivity contribution is 5.96. The topological polar surface area (TPSA) is 69.6 Å². The van der Waals surface area contributed by atoms with Crippen molar-refractivity contribution in [3.8, 4) is 5.75 Å².